The van der Waals surface area contributed by atoms with Gasteiger partial charge in [-0.05, 0) is 51.0 Å². The summed E-state index contributed by atoms with van der Waals surface area (Å²) in [6, 6.07) is 11.3. The Morgan fingerprint density at radius 1 is 1.03 bits per heavy atom. The second kappa shape index (κ2) is 9.82. The van der Waals surface area contributed by atoms with Crippen LogP contribution in [0.15, 0.2) is 55.1 Å². The van der Waals surface area contributed by atoms with E-state index in [9.17, 15) is 8.78 Å². The van der Waals surface area contributed by atoms with E-state index in [0.29, 0.717) is 31.1 Å². The highest BCUT2D eigenvalue weighted by molar-refractivity contribution is 5.77. The van der Waals surface area contributed by atoms with E-state index in [1.165, 1.54) is 35.0 Å². The standard InChI is InChI=1S/C22H23F2N3O2/c1-16-5-8-19(9-6-16)28-11-3-4-12-29-22(17(2)27-15-25-14-26-27)20-10-7-18(23)13-21(20)24/h5-10,13-15H,3-4,11-12H2,1-2H3/b22-17-. The number of benzene rings is 2. The average Bonchev–Trinajstić information content (AvgIpc) is 3.24. The molecule has 0 radical (unpaired) electrons. The number of unbranched alkanes of at least 4 members (excludes halogenated alkanes) is 1. The third-order valence-electron chi connectivity index (χ3n) is 4.34. The van der Waals surface area contributed by atoms with Crippen LogP contribution < -0.4 is 4.74 Å². The van der Waals surface area contributed by atoms with E-state index in [4.69, 9.17) is 9.47 Å². The molecule has 0 bridgehead atoms. The Bertz CT molecular complexity index is 955. The molecule has 5 nitrogen and oxygen atoms in total. The van der Waals surface area contributed by atoms with Gasteiger partial charge in [0.1, 0.15) is 30.0 Å². The Hall–Kier alpha value is -3.22. The van der Waals surface area contributed by atoms with Crippen molar-refractivity contribution in [2.45, 2.75) is 26.7 Å². The molecule has 0 aliphatic carbocycles. The lowest BCUT2D eigenvalue weighted by Gasteiger charge is -2.15. The topological polar surface area (TPSA) is 49.2 Å². The summed E-state index contributed by atoms with van der Waals surface area (Å²) < 4.78 is 40.7. The summed E-state index contributed by atoms with van der Waals surface area (Å²) in [5, 5.41) is 4.06. The predicted octanol–water partition coefficient (Wildman–Crippen LogP) is 5.09. The Morgan fingerprint density at radius 3 is 2.48 bits per heavy atom. The summed E-state index contributed by atoms with van der Waals surface area (Å²) in [6.07, 6.45) is 4.36. The molecule has 0 unspecified atom stereocenters. The Balaban J connectivity index is 1.60. The second-order valence-corrected chi connectivity index (χ2v) is 6.60. The van der Waals surface area contributed by atoms with Gasteiger partial charge in [-0.2, -0.15) is 5.10 Å². The molecule has 0 aliphatic rings. The van der Waals surface area contributed by atoms with E-state index in [0.717, 1.165) is 18.2 Å². The van der Waals surface area contributed by atoms with Crippen LogP contribution >= 0.6 is 0 Å². The van der Waals surface area contributed by atoms with Gasteiger partial charge >= 0.3 is 0 Å². The number of aromatic nitrogens is 3. The van der Waals surface area contributed by atoms with E-state index in [2.05, 4.69) is 10.1 Å². The zero-order valence-electron chi connectivity index (χ0n) is 16.4. The highest BCUT2D eigenvalue weighted by atomic mass is 19.1. The van der Waals surface area contributed by atoms with Crippen LogP contribution in [-0.2, 0) is 4.74 Å². The molecule has 0 amide bonds. The van der Waals surface area contributed by atoms with Crippen LogP contribution in [0.5, 0.6) is 5.75 Å². The van der Waals surface area contributed by atoms with Crippen LogP contribution in [-0.4, -0.2) is 28.0 Å². The smallest absolute Gasteiger partial charge is 0.150 e. The number of hydrogen-bond donors (Lipinski definition) is 0. The fraction of sp³-hybridized carbons (Fsp3) is 0.273. The third-order valence-corrected chi connectivity index (χ3v) is 4.34. The first-order valence-corrected chi connectivity index (χ1v) is 9.38. The van der Waals surface area contributed by atoms with Crippen molar-refractivity contribution in [1.82, 2.24) is 14.8 Å². The van der Waals surface area contributed by atoms with Crippen molar-refractivity contribution in [2.75, 3.05) is 13.2 Å². The minimum atomic E-state index is -0.692. The monoisotopic (exact) mass is 399 g/mol. The first-order chi connectivity index (χ1) is 14.0. The molecule has 0 aliphatic heterocycles. The molecule has 2 aromatic carbocycles. The van der Waals surface area contributed by atoms with Gasteiger partial charge in [-0.15, -0.1) is 0 Å². The number of halogens is 2. The first-order valence-electron chi connectivity index (χ1n) is 9.38. The molecule has 0 atom stereocenters. The lowest BCUT2D eigenvalue weighted by atomic mass is 10.1. The van der Waals surface area contributed by atoms with E-state index >= 15 is 0 Å². The van der Waals surface area contributed by atoms with Gasteiger partial charge in [0.05, 0.1) is 24.5 Å². The molecular formula is C22H23F2N3O2. The van der Waals surface area contributed by atoms with E-state index < -0.39 is 11.6 Å². The summed E-state index contributed by atoms with van der Waals surface area (Å²) in [5.74, 6) is -0.209. The highest BCUT2D eigenvalue weighted by Crippen LogP contribution is 2.26. The van der Waals surface area contributed by atoms with Gasteiger partial charge < -0.3 is 9.47 Å². The number of aryl methyl sites for hydroxylation is 1. The van der Waals surface area contributed by atoms with Crippen molar-refractivity contribution in [3.63, 3.8) is 0 Å². The lowest BCUT2D eigenvalue weighted by Crippen LogP contribution is -2.06. The summed E-state index contributed by atoms with van der Waals surface area (Å²) in [6.45, 7) is 4.68. The molecule has 1 heterocycles. The third kappa shape index (κ3) is 5.63. The zero-order valence-corrected chi connectivity index (χ0v) is 16.4. The number of allylic oxidation sites excluding steroid dienone is 1. The molecule has 7 heteroatoms. The maximum Gasteiger partial charge on any atom is 0.150 e. The average molecular weight is 399 g/mol. The van der Waals surface area contributed by atoms with Crippen LogP contribution in [0.3, 0.4) is 0 Å². The van der Waals surface area contributed by atoms with Crippen LogP contribution in [0, 0.1) is 18.6 Å². The normalized spacial score (nSPS) is 11.9. The molecule has 0 N–H and O–H groups in total. The molecular weight excluding hydrogens is 376 g/mol. The van der Waals surface area contributed by atoms with Crippen LogP contribution in [0.4, 0.5) is 8.78 Å². The van der Waals surface area contributed by atoms with Crippen molar-refractivity contribution < 1.29 is 18.3 Å². The molecule has 3 rings (SSSR count). The number of ether oxygens (including phenoxy) is 2. The molecule has 0 saturated carbocycles. The summed E-state index contributed by atoms with van der Waals surface area (Å²) in [4.78, 5) is 3.90. The number of nitrogens with zero attached hydrogens (tertiary/aromatic N) is 3. The van der Waals surface area contributed by atoms with Gasteiger partial charge in [0.25, 0.3) is 0 Å². The summed E-state index contributed by atoms with van der Waals surface area (Å²) in [5.41, 5.74) is 1.92. The fourth-order valence-corrected chi connectivity index (χ4v) is 2.74. The molecule has 0 fully saturated rings. The van der Waals surface area contributed by atoms with Crippen molar-refractivity contribution in [3.05, 3.63) is 77.9 Å². The van der Waals surface area contributed by atoms with Gasteiger partial charge in [0.2, 0.25) is 0 Å². The van der Waals surface area contributed by atoms with Gasteiger partial charge in [-0.3, -0.25) is 0 Å². The molecule has 1 aromatic heterocycles. The first kappa shape index (κ1) is 20.5. The number of rotatable bonds is 9. The summed E-state index contributed by atoms with van der Waals surface area (Å²) in [7, 11) is 0. The zero-order chi connectivity index (χ0) is 20.6. The maximum atomic E-state index is 14.3. The van der Waals surface area contributed by atoms with Crippen molar-refractivity contribution in [2.24, 2.45) is 0 Å². The Labute approximate surface area is 168 Å². The van der Waals surface area contributed by atoms with Gasteiger partial charge in [0.15, 0.2) is 5.76 Å². The molecule has 0 spiro atoms. The number of hydrogen-bond acceptors (Lipinski definition) is 4. The Kier molecular flexibility index (Phi) is 6.94. The maximum absolute atomic E-state index is 14.3. The van der Waals surface area contributed by atoms with Crippen molar-refractivity contribution >= 4 is 11.5 Å². The molecule has 0 saturated heterocycles. The van der Waals surface area contributed by atoms with Crippen LogP contribution in [0.2, 0.25) is 0 Å². The SMILES string of the molecule is C/C(=C(/OCCCCOc1ccc(C)cc1)c1ccc(F)cc1F)n1cncn1. The van der Waals surface area contributed by atoms with Crippen molar-refractivity contribution in [1.29, 1.82) is 0 Å². The Morgan fingerprint density at radius 2 is 1.79 bits per heavy atom. The van der Waals surface area contributed by atoms with E-state index in [1.807, 2.05) is 31.2 Å². The fourth-order valence-electron chi connectivity index (χ4n) is 2.74. The van der Waals surface area contributed by atoms with Crippen LogP contribution in [0.1, 0.15) is 30.9 Å². The van der Waals surface area contributed by atoms with Gasteiger partial charge in [-0.25, -0.2) is 18.4 Å². The highest BCUT2D eigenvalue weighted by Gasteiger charge is 2.15. The lowest BCUT2D eigenvalue weighted by molar-refractivity contribution is 0.243. The summed E-state index contributed by atoms with van der Waals surface area (Å²) >= 11 is 0. The van der Waals surface area contributed by atoms with E-state index in [1.54, 1.807) is 6.92 Å². The molecule has 29 heavy (non-hydrogen) atoms. The second-order valence-electron chi connectivity index (χ2n) is 6.60. The minimum Gasteiger partial charge on any atom is -0.494 e. The van der Waals surface area contributed by atoms with Crippen molar-refractivity contribution in [3.8, 4) is 5.75 Å². The largest absolute Gasteiger partial charge is 0.494 e. The van der Waals surface area contributed by atoms with Gasteiger partial charge in [0, 0.05) is 6.07 Å². The quantitative estimate of drug-likeness (QED) is 0.372. The molecule has 152 valence electrons. The molecule has 3 aromatic rings. The van der Waals surface area contributed by atoms with E-state index in [-0.39, 0.29) is 5.56 Å². The van der Waals surface area contributed by atoms with Gasteiger partial charge in [-0.1, -0.05) is 17.7 Å². The minimum absolute atomic E-state index is 0.176. The van der Waals surface area contributed by atoms with Crippen LogP contribution in [0.25, 0.3) is 11.5 Å². The predicted molar refractivity (Wildman–Crippen MR) is 107 cm³/mol.